The minimum Gasteiger partial charge on any atom is -0.358 e. The lowest BCUT2D eigenvalue weighted by Gasteiger charge is -2.09. The van der Waals surface area contributed by atoms with Crippen molar-refractivity contribution in [3.63, 3.8) is 0 Å². The van der Waals surface area contributed by atoms with E-state index in [1.807, 2.05) is 0 Å². The van der Waals surface area contributed by atoms with E-state index < -0.39 is 7.53 Å². The molecule has 0 aliphatic rings. The van der Waals surface area contributed by atoms with Gasteiger partial charge in [0.25, 0.3) is 0 Å². The molecule has 0 spiro atoms. The van der Waals surface area contributed by atoms with Crippen molar-refractivity contribution in [1.29, 1.82) is 0 Å². The van der Waals surface area contributed by atoms with E-state index in [1.165, 1.54) is 0 Å². The summed E-state index contributed by atoms with van der Waals surface area (Å²) in [5.74, 6) is 0. The second-order valence-electron chi connectivity index (χ2n) is 6.50. The molecule has 0 aliphatic heterocycles. The van der Waals surface area contributed by atoms with Crippen molar-refractivity contribution in [3.8, 4) is 0 Å². The molecule has 0 amide bonds. The first kappa shape index (κ1) is 31.9. The SMILES string of the molecule is CCCC(/C=C/C=C\C/C=C\C/C=C\C=C\C(C/C=C\CCOP(P)P)OPP)OP. The predicted molar refractivity (Wildman–Crippen MR) is 158 cm³/mol. The van der Waals surface area contributed by atoms with Crippen molar-refractivity contribution in [2.75, 3.05) is 6.61 Å². The maximum Gasteiger partial charge on any atom is 0.0836 e. The third-order valence-corrected chi connectivity index (χ3v) is 6.46. The van der Waals surface area contributed by atoms with Crippen LogP contribution in [0.15, 0.2) is 72.9 Å². The van der Waals surface area contributed by atoms with Crippen LogP contribution in [-0.2, 0) is 13.6 Å². The smallest absolute Gasteiger partial charge is 0.0836 e. The average Bonchev–Trinajstić information content (AvgIpc) is 2.75. The fourth-order valence-corrected chi connectivity index (χ4v) is 4.41. The lowest BCUT2D eigenvalue weighted by atomic mass is 10.2. The second kappa shape index (κ2) is 25.5. The van der Waals surface area contributed by atoms with Crippen LogP contribution in [0.3, 0.4) is 0 Å². The van der Waals surface area contributed by atoms with Crippen LogP contribution in [0.1, 0.15) is 45.4 Å². The van der Waals surface area contributed by atoms with E-state index in [4.69, 9.17) is 13.6 Å². The molecule has 0 radical (unpaired) electrons. The highest BCUT2D eigenvalue weighted by Gasteiger charge is 2.00. The van der Waals surface area contributed by atoms with E-state index in [-0.39, 0.29) is 12.2 Å². The topological polar surface area (TPSA) is 27.7 Å². The van der Waals surface area contributed by atoms with Crippen LogP contribution in [-0.4, -0.2) is 18.8 Å². The van der Waals surface area contributed by atoms with Gasteiger partial charge in [-0.05, 0) is 32.1 Å². The molecule has 0 rings (SSSR count). The van der Waals surface area contributed by atoms with Gasteiger partial charge in [-0.2, -0.15) is 0 Å². The first-order valence-corrected chi connectivity index (χ1v) is 18.2. The van der Waals surface area contributed by atoms with Gasteiger partial charge in [-0.3, -0.25) is 0 Å². The zero-order valence-electron chi connectivity index (χ0n) is 18.5. The van der Waals surface area contributed by atoms with E-state index in [1.54, 1.807) is 0 Å². The molecule has 176 valence electrons. The van der Waals surface area contributed by atoms with Gasteiger partial charge in [0.05, 0.1) is 26.3 Å². The molecule has 0 fully saturated rings. The van der Waals surface area contributed by atoms with Crippen LogP contribution in [0, 0.1) is 0 Å². The average molecular weight is 538 g/mol. The number of allylic oxidation sites excluding steroid dienone is 8. The number of rotatable bonds is 19. The van der Waals surface area contributed by atoms with Gasteiger partial charge < -0.3 is 13.6 Å². The van der Waals surface area contributed by atoms with Crippen LogP contribution < -0.4 is 0 Å². The quantitative estimate of drug-likeness (QED) is 0.0713. The summed E-state index contributed by atoms with van der Waals surface area (Å²) in [4.78, 5) is 0. The van der Waals surface area contributed by atoms with Gasteiger partial charge in [0.15, 0.2) is 0 Å². The lowest BCUT2D eigenvalue weighted by molar-refractivity contribution is 0.279. The predicted octanol–water partition coefficient (Wildman–Crippen LogP) is 8.62. The highest BCUT2D eigenvalue weighted by atomic mass is 32.4. The fraction of sp³-hybridized carbons (Fsp3) is 0.455. The molecule has 7 unspecified atom stereocenters. The Hall–Kier alpha value is 0.900. The molecule has 9 heteroatoms. The Morgan fingerprint density at radius 2 is 1.52 bits per heavy atom. The van der Waals surface area contributed by atoms with Gasteiger partial charge in [-0.1, -0.05) is 113 Å². The molecule has 0 bridgehead atoms. The van der Waals surface area contributed by atoms with Crippen LogP contribution in [0.25, 0.3) is 0 Å². The Bertz CT molecular complexity index is 574. The van der Waals surface area contributed by atoms with Gasteiger partial charge in [-0.25, -0.2) is 0 Å². The van der Waals surface area contributed by atoms with Crippen LogP contribution in [0.5, 0.6) is 0 Å². The third-order valence-electron chi connectivity index (χ3n) is 3.88. The lowest BCUT2D eigenvalue weighted by Crippen LogP contribution is -2.01. The molecule has 0 saturated carbocycles. The maximum atomic E-state index is 5.76. The Kier molecular flexibility index (Phi) is 26.3. The van der Waals surface area contributed by atoms with Crippen LogP contribution >= 0.6 is 52.3 Å². The van der Waals surface area contributed by atoms with Crippen molar-refractivity contribution in [2.45, 2.75) is 57.7 Å². The van der Waals surface area contributed by atoms with Crippen molar-refractivity contribution >= 4 is 52.3 Å². The summed E-state index contributed by atoms with van der Waals surface area (Å²) in [6.45, 7) is 2.92. The summed E-state index contributed by atoms with van der Waals surface area (Å²) in [5, 5.41) is 0. The largest absolute Gasteiger partial charge is 0.358 e. The van der Waals surface area contributed by atoms with E-state index in [0.717, 1.165) is 45.1 Å². The van der Waals surface area contributed by atoms with Crippen molar-refractivity contribution in [3.05, 3.63) is 72.9 Å². The van der Waals surface area contributed by atoms with E-state index in [2.05, 4.69) is 116 Å². The molecule has 3 nitrogen and oxygen atoms in total. The highest BCUT2D eigenvalue weighted by Crippen LogP contribution is 2.53. The molecule has 0 aromatic heterocycles. The van der Waals surface area contributed by atoms with Crippen LogP contribution in [0.2, 0.25) is 0 Å². The minimum absolute atomic E-state index is 0.112. The third kappa shape index (κ3) is 23.8. The van der Waals surface area contributed by atoms with E-state index >= 15 is 0 Å². The summed E-state index contributed by atoms with van der Waals surface area (Å²) in [7, 11) is 10.3. The van der Waals surface area contributed by atoms with E-state index in [9.17, 15) is 0 Å². The first-order valence-electron chi connectivity index (χ1n) is 10.5. The minimum atomic E-state index is -0.425. The number of hydrogen-bond acceptors (Lipinski definition) is 3. The summed E-state index contributed by atoms with van der Waals surface area (Å²) in [5.41, 5.74) is 0. The molecular formula is C22H40O3P6. The molecule has 31 heavy (non-hydrogen) atoms. The normalized spacial score (nSPS) is 15.7. The number of hydrogen-bond donors (Lipinski definition) is 0. The molecule has 0 saturated heterocycles. The van der Waals surface area contributed by atoms with Gasteiger partial charge in [0.1, 0.15) is 0 Å². The monoisotopic (exact) mass is 538 g/mol. The zero-order chi connectivity index (χ0) is 23.0. The summed E-state index contributed by atoms with van der Waals surface area (Å²) < 4.78 is 16.6. The molecule has 0 heterocycles. The molecule has 0 aromatic rings. The van der Waals surface area contributed by atoms with Crippen molar-refractivity contribution < 1.29 is 13.6 Å². The standard InChI is InChI=1S/C22H40O3P6/c1-2-16-21(24-26)17-12-9-7-5-3-4-6-8-10-13-18-22(25-30-27)19-14-11-15-20-23-31(28)29/h3-4,7-14,17-18,21-22,30H,2,5-6,15-16,19-20,26-29H2,1H3/b4-3-,9-7-,10-8-,14-11-,17-12+,18-13+. The van der Waals surface area contributed by atoms with Gasteiger partial charge >= 0.3 is 0 Å². The molecule has 0 N–H and O–H groups in total. The highest BCUT2D eigenvalue weighted by molar-refractivity contribution is 8.41. The molecule has 7 atom stereocenters. The van der Waals surface area contributed by atoms with Crippen LogP contribution in [0.4, 0.5) is 0 Å². The Labute approximate surface area is 202 Å². The van der Waals surface area contributed by atoms with Gasteiger partial charge in [-0.15, -0.1) is 0 Å². The Morgan fingerprint density at radius 1 is 0.871 bits per heavy atom. The molecule has 0 aromatic carbocycles. The fourth-order valence-electron chi connectivity index (χ4n) is 2.36. The Morgan fingerprint density at radius 3 is 2.06 bits per heavy atom. The van der Waals surface area contributed by atoms with Crippen molar-refractivity contribution in [2.24, 2.45) is 0 Å². The first-order chi connectivity index (χ1) is 15.1. The van der Waals surface area contributed by atoms with Gasteiger partial charge in [0, 0.05) is 18.0 Å². The summed E-state index contributed by atoms with van der Waals surface area (Å²) >= 11 is 0. The molecule has 0 aliphatic carbocycles. The van der Waals surface area contributed by atoms with Gasteiger partial charge in [0.2, 0.25) is 0 Å². The molecular weight excluding hydrogens is 498 g/mol. The van der Waals surface area contributed by atoms with Crippen molar-refractivity contribution in [1.82, 2.24) is 0 Å². The summed E-state index contributed by atoms with van der Waals surface area (Å²) in [6.07, 6.45) is 31.6. The maximum absolute atomic E-state index is 5.76. The Balaban J connectivity index is 4.06. The second-order valence-corrected chi connectivity index (χ2v) is 13.8. The zero-order valence-corrected chi connectivity index (χ0v) is 25.0. The summed E-state index contributed by atoms with van der Waals surface area (Å²) in [6, 6.07) is 0. The van der Waals surface area contributed by atoms with E-state index in [0.29, 0.717) is 8.50 Å².